The largest absolute Gasteiger partial charge is 0.340 e. The minimum absolute atomic E-state index is 0.0223. The Morgan fingerprint density at radius 1 is 1.10 bits per heavy atom. The van der Waals surface area contributed by atoms with Gasteiger partial charge in [0.25, 0.3) is 0 Å². The van der Waals surface area contributed by atoms with E-state index in [9.17, 15) is 9.59 Å². The second-order valence-corrected chi connectivity index (χ2v) is 9.43. The van der Waals surface area contributed by atoms with E-state index < -0.39 is 0 Å². The normalized spacial score (nSPS) is 14.9. The lowest BCUT2D eigenvalue weighted by Crippen LogP contribution is -2.48. The SMILES string of the molecule is CC(C)Cc1nnc(NC(=O)CCC(=O)N2CCN(Cc3ccc(Cl)cc3)CC2)s1. The number of carbonyl (C=O) groups excluding carboxylic acids is 2. The first-order valence-corrected chi connectivity index (χ1v) is 11.5. The third kappa shape index (κ3) is 7.04. The molecule has 0 atom stereocenters. The molecular formula is C21H28ClN5O2S. The van der Waals surface area contributed by atoms with Crippen molar-refractivity contribution in [1.82, 2.24) is 20.0 Å². The summed E-state index contributed by atoms with van der Waals surface area (Å²) in [5.41, 5.74) is 1.21. The van der Waals surface area contributed by atoms with Gasteiger partial charge in [0.15, 0.2) is 0 Å². The molecule has 0 radical (unpaired) electrons. The molecule has 0 unspecified atom stereocenters. The number of hydrogen-bond donors (Lipinski definition) is 1. The fourth-order valence-electron chi connectivity index (χ4n) is 3.30. The molecular weight excluding hydrogens is 422 g/mol. The van der Waals surface area contributed by atoms with Crippen LogP contribution < -0.4 is 5.32 Å². The van der Waals surface area contributed by atoms with Crippen LogP contribution in [0, 0.1) is 5.92 Å². The Bertz CT molecular complexity index is 847. The lowest BCUT2D eigenvalue weighted by Gasteiger charge is -2.34. The summed E-state index contributed by atoms with van der Waals surface area (Å²) in [6.45, 7) is 8.09. The van der Waals surface area contributed by atoms with Crippen molar-refractivity contribution < 1.29 is 9.59 Å². The van der Waals surface area contributed by atoms with Crippen LogP contribution in [0.3, 0.4) is 0 Å². The molecule has 3 rings (SSSR count). The summed E-state index contributed by atoms with van der Waals surface area (Å²) in [6.07, 6.45) is 1.21. The second-order valence-electron chi connectivity index (χ2n) is 7.93. The highest BCUT2D eigenvalue weighted by atomic mass is 35.5. The van der Waals surface area contributed by atoms with Crippen LogP contribution in [0.1, 0.15) is 37.3 Å². The van der Waals surface area contributed by atoms with E-state index in [4.69, 9.17) is 11.6 Å². The fraction of sp³-hybridized carbons (Fsp3) is 0.524. The van der Waals surface area contributed by atoms with Crippen LogP contribution >= 0.6 is 22.9 Å². The molecule has 0 bridgehead atoms. The Kier molecular flexibility index (Phi) is 8.18. The van der Waals surface area contributed by atoms with Crippen LogP contribution in [0.25, 0.3) is 0 Å². The number of amides is 2. The molecule has 2 aromatic rings. The van der Waals surface area contributed by atoms with Crippen molar-refractivity contribution in [3.8, 4) is 0 Å². The fourth-order valence-corrected chi connectivity index (χ4v) is 4.39. The molecule has 1 N–H and O–H groups in total. The van der Waals surface area contributed by atoms with Gasteiger partial charge in [-0.25, -0.2) is 0 Å². The summed E-state index contributed by atoms with van der Waals surface area (Å²) in [4.78, 5) is 28.8. The molecule has 1 aliphatic rings. The number of nitrogens with zero attached hydrogens (tertiary/aromatic N) is 4. The molecule has 0 aliphatic carbocycles. The van der Waals surface area contributed by atoms with Crippen molar-refractivity contribution in [2.75, 3.05) is 31.5 Å². The number of piperazine rings is 1. The molecule has 1 aromatic carbocycles. The minimum Gasteiger partial charge on any atom is -0.340 e. The summed E-state index contributed by atoms with van der Waals surface area (Å²) in [6, 6.07) is 7.85. The van der Waals surface area contributed by atoms with E-state index in [1.807, 2.05) is 29.2 Å². The number of nitrogens with one attached hydrogen (secondary N) is 1. The highest BCUT2D eigenvalue weighted by Crippen LogP contribution is 2.19. The monoisotopic (exact) mass is 449 g/mol. The van der Waals surface area contributed by atoms with Crippen LogP contribution in [0.4, 0.5) is 5.13 Å². The van der Waals surface area contributed by atoms with Gasteiger partial charge in [-0.3, -0.25) is 14.5 Å². The van der Waals surface area contributed by atoms with Crippen LogP contribution in [0.5, 0.6) is 0 Å². The Balaban J connectivity index is 1.36. The van der Waals surface area contributed by atoms with Crippen molar-refractivity contribution in [3.05, 3.63) is 39.9 Å². The molecule has 1 fully saturated rings. The average molecular weight is 450 g/mol. The zero-order valence-electron chi connectivity index (χ0n) is 17.4. The number of carbonyl (C=O) groups is 2. The first-order valence-electron chi connectivity index (χ1n) is 10.3. The van der Waals surface area contributed by atoms with Gasteiger partial charge in [-0.15, -0.1) is 10.2 Å². The van der Waals surface area contributed by atoms with Gasteiger partial charge in [-0.1, -0.05) is 48.9 Å². The maximum atomic E-state index is 12.5. The number of benzene rings is 1. The number of rotatable bonds is 8. The predicted octanol–water partition coefficient (Wildman–Crippen LogP) is 3.45. The molecule has 1 saturated heterocycles. The highest BCUT2D eigenvalue weighted by molar-refractivity contribution is 7.15. The van der Waals surface area contributed by atoms with Gasteiger partial charge in [-0.2, -0.15) is 0 Å². The molecule has 7 nitrogen and oxygen atoms in total. The topological polar surface area (TPSA) is 78.4 Å². The maximum absolute atomic E-state index is 12.5. The molecule has 30 heavy (non-hydrogen) atoms. The van der Waals surface area contributed by atoms with Crippen LogP contribution in [-0.4, -0.2) is 58.0 Å². The smallest absolute Gasteiger partial charge is 0.226 e. The Morgan fingerprint density at radius 3 is 2.47 bits per heavy atom. The first-order chi connectivity index (χ1) is 14.4. The maximum Gasteiger partial charge on any atom is 0.226 e. The minimum atomic E-state index is -0.197. The van der Waals surface area contributed by atoms with Crippen molar-refractivity contribution in [2.45, 2.75) is 39.7 Å². The highest BCUT2D eigenvalue weighted by Gasteiger charge is 2.21. The van der Waals surface area contributed by atoms with E-state index >= 15 is 0 Å². The van der Waals surface area contributed by atoms with Crippen molar-refractivity contribution in [3.63, 3.8) is 0 Å². The first kappa shape index (κ1) is 22.7. The number of halogens is 1. The molecule has 0 spiro atoms. The standard InChI is InChI=1S/C21H28ClN5O2S/c1-15(2)13-19-24-25-21(30-19)23-18(28)7-8-20(29)27-11-9-26(10-12-27)14-16-3-5-17(22)6-4-16/h3-6,15H,7-14H2,1-2H3,(H,23,25,28). The number of aromatic nitrogens is 2. The van der Waals surface area contributed by atoms with E-state index in [-0.39, 0.29) is 24.7 Å². The third-order valence-electron chi connectivity index (χ3n) is 4.91. The summed E-state index contributed by atoms with van der Waals surface area (Å²) >= 11 is 7.32. The summed E-state index contributed by atoms with van der Waals surface area (Å²) < 4.78 is 0. The summed E-state index contributed by atoms with van der Waals surface area (Å²) in [5, 5.41) is 13.0. The molecule has 0 saturated carbocycles. The average Bonchev–Trinajstić information content (AvgIpc) is 3.14. The van der Waals surface area contributed by atoms with Crippen molar-refractivity contribution in [1.29, 1.82) is 0 Å². The van der Waals surface area contributed by atoms with Crippen LogP contribution in [-0.2, 0) is 22.6 Å². The van der Waals surface area contributed by atoms with Crippen molar-refractivity contribution in [2.24, 2.45) is 5.92 Å². The molecule has 2 amide bonds. The zero-order chi connectivity index (χ0) is 21.5. The van der Waals surface area contributed by atoms with Crippen LogP contribution in [0.2, 0.25) is 5.02 Å². The van der Waals surface area contributed by atoms with E-state index in [2.05, 4.69) is 34.3 Å². The lowest BCUT2D eigenvalue weighted by atomic mass is 10.1. The Morgan fingerprint density at radius 2 is 1.80 bits per heavy atom. The lowest BCUT2D eigenvalue weighted by molar-refractivity contribution is -0.134. The summed E-state index contributed by atoms with van der Waals surface area (Å²) in [5.74, 6) is 0.316. The molecule has 1 aliphatic heterocycles. The molecule has 2 heterocycles. The van der Waals surface area contributed by atoms with Gasteiger partial charge < -0.3 is 10.2 Å². The Hall–Kier alpha value is -2.03. The van der Waals surface area contributed by atoms with Gasteiger partial charge in [0, 0.05) is 57.0 Å². The Labute approximate surface area is 186 Å². The van der Waals surface area contributed by atoms with E-state index in [0.29, 0.717) is 24.1 Å². The predicted molar refractivity (Wildman–Crippen MR) is 120 cm³/mol. The summed E-state index contributed by atoms with van der Waals surface area (Å²) in [7, 11) is 0. The van der Waals surface area contributed by atoms with Gasteiger partial charge >= 0.3 is 0 Å². The zero-order valence-corrected chi connectivity index (χ0v) is 19.0. The second kappa shape index (κ2) is 10.8. The number of hydrogen-bond acceptors (Lipinski definition) is 6. The molecule has 1 aromatic heterocycles. The van der Waals surface area contributed by atoms with Crippen molar-refractivity contribution >= 4 is 39.9 Å². The van der Waals surface area contributed by atoms with Gasteiger partial charge in [0.1, 0.15) is 5.01 Å². The van der Waals surface area contributed by atoms with Gasteiger partial charge in [0.2, 0.25) is 16.9 Å². The van der Waals surface area contributed by atoms with Crippen LogP contribution in [0.15, 0.2) is 24.3 Å². The van der Waals surface area contributed by atoms with E-state index in [1.54, 1.807) is 0 Å². The van der Waals surface area contributed by atoms with E-state index in [1.165, 1.54) is 16.9 Å². The van der Waals surface area contributed by atoms with Gasteiger partial charge in [-0.05, 0) is 23.6 Å². The van der Waals surface area contributed by atoms with E-state index in [0.717, 1.165) is 36.1 Å². The number of anilines is 1. The quantitative estimate of drug-likeness (QED) is 0.667. The molecule has 162 valence electrons. The molecule has 9 heteroatoms. The third-order valence-corrected chi connectivity index (χ3v) is 6.02. The van der Waals surface area contributed by atoms with Gasteiger partial charge in [0.05, 0.1) is 0 Å².